The Labute approximate surface area is 115 Å². The number of nitrogens with zero attached hydrogens (tertiary/aromatic N) is 1. The summed E-state index contributed by atoms with van der Waals surface area (Å²) in [4.78, 5) is 16.5. The maximum absolute atomic E-state index is 11.4. The minimum absolute atomic E-state index is 0.212. The molecule has 1 aromatic heterocycles. The van der Waals surface area contributed by atoms with Crippen molar-refractivity contribution in [1.82, 2.24) is 4.98 Å². The molecule has 4 nitrogen and oxygen atoms in total. The van der Waals surface area contributed by atoms with Crippen molar-refractivity contribution in [3.8, 4) is 5.75 Å². The molecule has 19 heavy (non-hydrogen) atoms. The van der Waals surface area contributed by atoms with Gasteiger partial charge in [-0.3, -0.25) is 0 Å². The molecule has 98 valence electrons. The summed E-state index contributed by atoms with van der Waals surface area (Å²) in [5.74, 6) is -0.187. The van der Waals surface area contributed by atoms with Crippen molar-refractivity contribution in [2.45, 2.75) is 16.8 Å². The number of carbonyl (C=O) groups excluding carboxylic acids is 1. The van der Waals surface area contributed by atoms with E-state index >= 15 is 0 Å². The van der Waals surface area contributed by atoms with Gasteiger partial charge < -0.3 is 9.84 Å². The highest BCUT2D eigenvalue weighted by Gasteiger charge is 2.11. The van der Waals surface area contributed by atoms with Gasteiger partial charge in [0.25, 0.3) is 0 Å². The molecular formula is C14H13NO3S. The summed E-state index contributed by atoms with van der Waals surface area (Å²) in [5.41, 5.74) is 1.05. The molecule has 0 aliphatic carbocycles. The number of para-hydroxylation sites is 1. The minimum Gasteiger partial charge on any atom is -0.507 e. The molecule has 0 saturated carbocycles. The Kier molecular flexibility index (Phi) is 4.06. The Morgan fingerprint density at radius 2 is 2.00 bits per heavy atom. The van der Waals surface area contributed by atoms with Gasteiger partial charge in [0.05, 0.1) is 23.3 Å². The average molecular weight is 275 g/mol. The van der Waals surface area contributed by atoms with Gasteiger partial charge in [-0.2, -0.15) is 0 Å². The summed E-state index contributed by atoms with van der Waals surface area (Å²) in [6.45, 7) is 1.75. The molecule has 0 aliphatic heterocycles. The highest BCUT2D eigenvalue weighted by Crippen LogP contribution is 2.33. The van der Waals surface area contributed by atoms with Crippen LogP contribution in [0.5, 0.6) is 5.75 Å². The number of phenolic OH excluding ortho intramolecular Hbond substituents is 1. The predicted octanol–water partition coefficient (Wildman–Crippen LogP) is 3.03. The molecule has 5 heteroatoms. The van der Waals surface area contributed by atoms with E-state index in [0.717, 1.165) is 4.90 Å². The molecule has 0 saturated heterocycles. The monoisotopic (exact) mass is 275 g/mol. The number of benzene rings is 1. The molecule has 1 aromatic carbocycles. The minimum atomic E-state index is -0.399. The lowest BCUT2D eigenvalue weighted by atomic mass is 10.2. The zero-order chi connectivity index (χ0) is 13.8. The van der Waals surface area contributed by atoms with Crippen molar-refractivity contribution in [1.29, 1.82) is 0 Å². The number of pyridine rings is 1. The molecular weight excluding hydrogens is 262 g/mol. The number of aryl methyl sites for hydroxylation is 1. The first-order valence-corrected chi connectivity index (χ1v) is 6.45. The van der Waals surface area contributed by atoms with Gasteiger partial charge in [0.15, 0.2) is 0 Å². The van der Waals surface area contributed by atoms with Crippen LogP contribution in [-0.2, 0) is 4.74 Å². The predicted molar refractivity (Wildman–Crippen MR) is 72.5 cm³/mol. The van der Waals surface area contributed by atoms with Crippen molar-refractivity contribution >= 4 is 17.7 Å². The summed E-state index contributed by atoms with van der Waals surface area (Å²) >= 11 is 1.34. The van der Waals surface area contributed by atoms with Crippen LogP contribution >= 0.6 is 11.8 Å². The fraction of sp³-hybridized carbons (Fsp3) is 0.143. The number of aromatic nitrogens is 1. The van der Waals surface area contributed by atoms with E-state index in [0.29, 0.717) is 16.3 Å². The summed E-state index contributed by atoms with van der Waals surface area (Å²) in [6.07, 6.45) is 0. The highest BCUT2D eigenvalue weighted by molar-refractivity contribution is 7.99. The lowest BCUT2D eigenvalue weighted by Crippen LogP contribution is -2.05. The first kappa shape index (κ1) is 13.4. The highest BCUT2D eigenvalue weighted by atomic mass is 32.2. The Bertz CT molecular complexity index is 613. The van der Waals surface area contributed by atoms with Crippen LogP contribution in [0.1, 0.15) is 16.1 Å². The average Bonchev–Trinajstić information content (AvgIpc) is 2.41. The molecule has 2 aromatic rings. The third-order valence-corrected chi connectivity index (χ3v) is 3.55. The van der Waals surface area contributed by atoms with Gasteiger partial charge in [0.2, 0.25) is 0 Å². The van der Waals surface area contributed by atoms with Gasteiger partial charge in [-0.05, 0) is 31.2 Å². The first-order chi connectivity index (χ1) is 9.11. The van der Waals surface area contributed by atoms with Gasteiger partial charge >= 0.3 is 5.97 Å². The third-order valence-electron chi connectivity index (χ3n) is 2.55. The number of rotatable bonds is 3. The largest absolute Gasteiger partial charge is 0.507 e. The molecule has 0 bridgehead atoms. The lowest BCUT2D eigenvalue weighted by Gasteiger charge is -2.06. The standard InChI is InChI=1S/C14H13NO3S/c1-9-10(14(17)18-2)7-8-13(15-9)19-12-6-4-3-5-11(12)16/h3-8,16H,1-2H3. The first-order valence-electron chi connectivity index (χ1n) is 5.63. The van der Waals surface area contributed by atoms with Crippen LogP contribution < -0.4 is 0 Å². The van der Waals surface area contributed by atoms with Crippen LogP contribution in [0.3, 0.4) is 0 Å². The normalized spacial score (nSPS) is 10.2. The molecule has 0 unspecified atom stereocenters. The van der Waals surface area contributed by atoms with Gasteiger partial charge in [-0.1, -0.05) is 23.9 Å². The van der Waals surface area contributed by atoms with E-state index in [2.05, 4.69) is 9.72 Å². The van der Waals surface area contributed by atoms with Gasteiger partial charge in [0, 0.05) is 0 Å². The fourth-order valence-electron chi connectivity index (χ4n) is 1.58. The molecule has 1 N–H and O–H groups in total. The maximum Gasteiger partial charge on any atom is 0.339 e. The Balaban J connectivity index is 2.26. The van der Waals surface area contributed by atoms with Crippen LogP contribution in [0, 0.1) is 6.92 Å². The lowest BCUT2D eigenvalue weighted by molar-refractivity contribution is 0.0599. The molecule has 0 atom stereocenters. The molecule has 0 radical (unpaired) electrons. The number of ether oxygens (including phenoxy) is 1. The van der Waals surface area contributed by atoms with Gasteiger partial charge in [-0.15, -0.1) is 0 Å². The number of carbonyl (C=O) groups is 1. The zero-order valence-electron chi connectivity index (χ0n) is 10.6. The van der Waals surface area contributed by atoms with Crippen molar-refractivity contribution in [2.24, 2.45) is 0 Å². The molecule has 1 heterocycles. The van der Waals surface area contributed by atoms with Crippen LogP contribution in [0.2, 0.25) is 0 Å². The molecule has 2 rings (SSSR count). The van der Waals surface area contributed by atoms with Crippen LogP contribution in [0.4, 0.5) is 0 Å². The molecule has 0 spiro atoms. The second kappa shape index (κ2) is 5.75. The van der Waals surface area contributed by atoms with E-state index in [1.807, 2.05) is 12.1 Å². The SMILES string of the molecule is COC(=O)c1ccc(Sc2ccccc2O)nc1C. The van der Waals surface area contributed by atoms with Crippen molar-refractivity contribution < 1.29 is 14.6 Å². The quantitative estimate of drug-likeness (QED) is 0.872. The van der Waals surface area contributed by atoms with E-state index < -0.39 is 5.97 Å². The van der Waals surface area contributed by atoms with E-state index in [1.165, 1.54) is 18.9 Å². The zero-order valence-corrected chi connectivity index (χ0v) is 11.4. The van der Waals surface area contributed by atoms with Crippen molar-refractivity contribution in [3.05, 3.63) is 47.7 Å². The number of esters is 1. The maximum atomic E-state index is 11.4. The second-order valence-corrected chi connectivity index (χ2v) is 4.91. The summed E-state index contributed by atoms with van der Waals surface area (Å²) in [6, 6.07) is 10.5. The Hall–Kier alpha value is -2.01. The Morgan fingerprint density at radius 1 is 1.26 bits per heavy atom. The van der Waals surface area contributed by atoms with E-state index in [-0.39, 0.29) is 5.75 Å². The van der Waals surface area contributed by atoms with E-state index in [4.69, 9.17) is 0 Å². The van der Waals surface area contributed by atoms with Crippen LogP contribution in [0.25, 0.3) is 0 Å². The number of hydrogen-bond donors (Lipinski definition) is 1. The van der Waals surface area contributed by atoms with Gasteiger partial charge in [-0.25, -0.2) is 9.78 Å². The molecule has 0 amide bonds. The van der Waals surface area contributed by atoms with Crippen LogP contribution in [0.15, 0.2) is 46.3 Å². The summed E-state index contributed by atoms with van der Waals surface area (Å²) < 4.78 is 4.67. The fourth-order valence-corrected chi connectivity index (χ4v) is 2.44. The Morgan fingerprint density at radius 3 is 2.63 bits per heavy atom. The van der Waals surface area contributed by atoms with E-state index in [9.17, 15) is 9.90 Å². The summed E-state index contributed by atoms with van der Waals surface area (Å²) in [7, 11) is 1.34. The summed E-state index contributed by atoms with van der Waals surface area (Å²) in [5, 5.41) is 10.4. The third kappa shape index (κ3) is 3.06. The molecule has 0 aliphatic rings. The van der Waals surface area contributed by atoms with Crippen molar-refractivity contribution in [3.63, 3.8) is 0 Å². The van der Waals surface area contributed by atoms with Crippen LogP contribution in [-0.4, -0.2) is 23.2 Å². The topological polar surface area (TPSA) is 59.4 Å². The smallest absolute Gasteiger partial charge is 0.339 e. The van der Waals surface area contributed by atoms with E-state index in [1.54, 1.807) is 31.2 Å². The van der Waals surface area contributed by atoms with Gasteiger partial charge in [0.1, 0.15) is 10.8 Å². The number of hydrogen-bond acceptors (Lipinski definition) is 5. The number of methoxy groups -OCH3 is 1. The van der Waals surface area contributed by atoms with Crippen molar-refractivity contribution in [2.75, 3.05) is 7.11 Å². The number of phenols is 1. The number of aromatic hydroxyl groups is 1. The second-order valence-electron chi connectivity index (χ2n) is 3.84. The molecule has 0 fully saturated rings.